The monoisotopic (exact) mass is 308 g/mol. The molecule has 0 spiro atoms. The number of hydrogen-bond donors (Lipinski definition) is 0. The molecule has 0 saturated heterocycles. The van der Waals surface area contributed by atoms with Crippen LogP contribution in [0.1, 0.15) is 12.5 Å². The minimum Gasteiger partial charge on any atom is -0.324 e. The summed E-state index contributed by atoms with van der Waals surface area (Å²) in [5, 5.41) is 0.696. The first-order valence-electron chi connectivity index (χ1n) is 5.79. The van der Waals surface area contributed by atoms with Gasteiger partial charge in [0.05, 0.1) is 5.69 Å². The van der Waals surface area contributed by atoms with Crippen LogP contribution in [0.4, 0.5) is 15.9 Å². The number of rotatable bonds is 4. The molecular formula is C14H14BrFN2. The molecule has 0 unspecified atom stereocenters. The summed E-state index contributed by atoms with van der Waals surface area (Å²) in [6.07, 6.45) is 1.73. The first-order chi connectivity index (χ1) is 8.77. The van der Waals surface area contributed by atoms with Gasteiger partial charge in [0.1, 0.15) is 11.6 Å². The van der Waals surface area contributed by atoms with E-state index in [-0.39, 0.29) is 5.82 Å². The van der Waals surface area contributed by atoms with E-state index in [2.05, 4.69) is 20.9 Å². The summed E-state index contributed by atoms with van der Waals surface area (Å²) in [6, 6.07) is 10.6. The molecule has 0 bridgehead atoms. The molecule has 18 heavy (non-hydrogen) atoms. The van der Waals surface area contributed by atoms with Crippen molar-refractivity contribution < 1.29 is 4.39 Å². The van der Waals surface area contributed by atoms with Crippen molar-refractivity contribution in [2.75, 3.05) is 11.4 Å². The number of benzene rings is 1. The second-order valence-corrected chi connectivity index (χ2v) is 4.38. The van der Waals surface area contributed by atoms with Gasteiger partial charge in [-0.2, -0.15) is 0 Å². The van der Waals surface area contributed by atoms with Crippen molar-refractivity contribution in [2.45, 2.75) is 12.3 Å². The summed E-state index contributed by atoms with van der Waals surface area (Å²) in [4.78, 5) is 6.25. The zero-order valence-corrected chi connectivity index (χ0v) is 11.7. The third-order valence-electron chi connectivity index (χ3n) is 2.73. The normalized spacial score (nSPS) is 10.4. The van der Waals surface area contributed by atoms with Gasteiger partial charge < -0.3 is 4.90 Å². The summed E-state index contributed by atoms with van der Waals surface area (Å²) in [7, 11) is 0. The molecule has 1 heterocycles. The van der Waals surface area contributed by atoms with E-state index < -0.39 is 0 Å². The van der Waals surface area contributed by atoms with Gasteiger partial charge >= 0.3 is 0 Å². The van der Waals surface area contributed by atoms with Crippen molar-refractivity contribution in [3.8, 4) is 0 Å². The standard InChI is InChI=1S/C14H14BrFN2/c1-2-18(13-8-4-3-7-12(13)16)14-11(10-15)6-5-9-17-14/h3-9H,2,10H2,1H3. The Morgan fingerprint density at radius 2 is 2.00 bits per heavy atom. The molecule has 4 heteroatoms. The predicted octanol–water partition coefficient (Wildman–Crippen LogP) is 4.27. The lowest BCUT2D eigenvalue weighted by molar-refractivity contribution is 0.625. The molecule has 2 aromatic rings. The lowest BCUT2D eigenvalue weighted by atomic mass is 10.2. The molecule has 1 aromatic carbocycles. The fourth-order valence-electron chi connectivity index (χ4n) is 1.88. The van der Waals surface area contributed by atoms with E-state index in [9.17, 15) is 4.39 Å². The number of hydrogen-bond acceptors (Lipinski definition) is 2. The van der Waals surface area contributed by atoms with Gasteiger partial charge in [-0.1, -0.05) is 34.1 Å². The first-order valence-corrected chi connectivity index (χ1v) is 6.92. The van der Waals surface area contributed by atoms with E-state index in [4.69, 9.17) is 0 Å². The summed E-state index contributed by atoms with van der Waals surface area (Å²) in [5.41, 5.74) is 1.60. The Balaban J connectivity index is 2.49. The van der Waals surface area contributed by atoms with Crippen LogP contribution in [0.25, 0.3) is 0 Å². The van der Waals surface area contributed by atoms with Crippen molar-refractivity contribution >= 4 is 27.4 Å². The largest absolute Gasteiger partial charge is 0.324 e. The molecule has 0 aliphatic carbocycles. The topological polar surface area (TPSA) is 16.1 Å². The molecule has 0 saturated carbocycles. The highest BCUT2D eigenvalue weighted by atomic mass is 79.9. The van der Waals surface area contributed by atoms with Gasteiger partial charge in [0.25, 0.3) is 0 Å². The van der Waals surface area contributed by atoms with Crippen LogP contribution in [0.15, 0.2) is 42.6 Å². The lowest BCUT2D eigenvalue weighted by Crippen LogP contribution is -2.20. The van der Waals surface area contributed by atoms with Crippen molar-refractivity contribution in [2.24, 2.45) is 0 Å². The van der Waals surface area contributed by atoms with Crippen LogP contribution in [0.2, 0.25) is 0 Å². The zero-order chi connectivity index (χ0) is 13.0. The quantitative estimate of drug-likeness (QED) is 0.784. The van der Waals surface area contributed by atoms with E-state index in [0.29, 0.717) is 17.6 Å². The zero-order valence-electron chi connectivity index (χ0n) is 10.1. The Labute approximate surface area is 115 Å². The van der Waals surface area contributed by atoms with Crippen LogP contribution in [0.3, 0.4) is 0 Å². The summed E-state index contributed by atoms with van der Waals surface area (Å²) < 4.78 is 13.9. The smallest absolute Gasteiger partial charge is 0.146 e. The Morgan fingerprint density at radius 1 is 1.22 bits per heavy atom. The summed E-state index contributed by atoms with van der Waals surface area (Å²) >= 11 is 3.44. The molecular weight excluding hydrogens is 295 g/mol. The fraction of sp³-hybridized carbons (Fsp3) is 0.214. The minimum atomic E-state index is -0.231. The predicted molar refractivity (Wildman–Crippen MR) is 75.9 cm³/mol. The van der Waals surface area contributed by atoms with Gasteiger partial charge in [-0.25, -0.2) is 9.37 Å². The molecule has 0 radical (unpaired) electrons. The Morgan fingerprint density at radius 3 is 2.67 bits per heavy atom. The number of pyridine rings is 1. The van der Waals surface area contributed by atoms with Gasteiger partial charge in [0, 0.05) is 23.6 Å². The summed E-state index contributed by atoms with van der Waals surface area (Å²) in [6.45, 7) is 2.65. The number of para-hydroxylation sites is 1. The highest BCUT2D eigenvalue weighted by Gasteiger charge is 2.15. The molecule has 0 N–H and O–H groups in total. The molecule has 0 aliphatic rings. The third kappa shape index (κ3) is 2.53. The van der Waals surface area contributed by atoms with E-state index >= 15 is 0 Å². The molecule has 0 atom stereocenters. The van der Waals surface area contributed by atoms with Crippen molar-refractivity contribution in [1.82, 2.24) is 4.98 Å². The fourth-order valence-corrected chi connectivity index (χ4v) is 2.32. The molecule has 1 aromatic heterocycles. The average molecular weight is 309 g/mol. The molecule has 0 fully saturated rings. The van der Waals surface area contributed by atoms with Crippen LogP contribution in [0, 0.1) is 5.82 Å². The minimum absolute atomic E-state index is 0.231. The number of aromatic nitrogens is 1. The number of alkyl halides is 1. The van der Waals surface area contributed by atoms with E-state index in [0.717, 1.165) is 11.4 Å². The second-order valence-electron chi connectivity index (χ2n) is 3.82. The molecule has 0 amide bonds. The Hall–Kier alpha value is -1.42. The van der Waals surface area contributed by atoms with Gasteiger partial charge in [0.2, 0.25) is 0 Å². The average Bonchev–Trinajstić information content (AvgIpc) is 2.42. The van der Waals surface area contributed by atoms with E-state index in [1.165, 1.54) is 6.07 Å². The van der Waals surface area contributed by atoms with Gasteiger partial charge in [-0.3, -0.25) is 0 Å². The van der Waals surface area contributed by atoms with Crippen LogP contribution in [-0.2, 0) is 5.33 Å². The van der Waals surface area contributed by atoms with Gasteiger partial charge in [-0.05, 0) is 25.1 Å². The Bertz CT molecular complexity index is 531. The first kappa shape index (κ1) is 13.0. The third-order valence-corrected chi connectivity index (χ3v) is 3.33. The number of halogens is 2. The maximum Gasteiger partial charge on any atom is 0.146 e. The van der Waals surface area contributed by atoms with E-state index in [1.807, 2.05) is 30.0 Å². The van der Waals surface area contributed by atoms with Crippen molar-refractivity contribution in [3.63, 3.8) is 0 Å². The molecule has 2 nitrogen and oxygen atoms in total. The van der Waals surface area contributed by atoms with Crippen molar-refractivity contribution in [1.29, 1.82) is 0 Å². The highest BCUT2D eigenvalue weighted by molar-refractivity contribution is 9.08. The van der Waals surface area contributed by atoms with Gasteiger partial charge in [-0.15, -0.1) is 0 Å². The van der Waals surface area contributed by atoms with E-state index in [1.54, 1.807) is 18.3 Å². The maximum atomic E-state index is 13.9. The molecule has 2 rings (SSSR count). The highest BCUT2D eigenvalue weighted by Crippen LogP contribution is 2.29. The van der Waals surface area contributed by atoms with Crippen LogP contribution >= 0.6 is 15.9 Å². The summed E-state index contributed by atoms with van der Waals surface area (Å²) in [5.74, 6) is 0.563. The number of anilines is 2. The van der Waals surface area contributed by atoms with Crippen LogP contribution in [0.5, 0.6) is 0 Å². The van der Waals surface area contributed by atoms with Crippen molar-refractivity contribution in [3.05, 3.63) is 54.0 Å². The SMILES string of the molecule is CCN(c1ccccc1F)c1ncccc1CBr. The lowest BCUT2D eigenvalue weighted by Gasteiger charge is -2.24. The van der Waals surface area contributed by atoms with Crippen LogP contribution in [-0.4, -0.2) is 11.5 Å². The van der Waals surface area contributed by atoms with Gasteiger partial charge in [0.15, 0.2) is 0 Å². The molecule has 94 valence electrons. The maximum absolute atomic E-state index is 13.9. The second kappa shape index (κ2) is 5.96. The number of nitrogens with zero attached hydrogens (tertiary/aromatic N) is 2. The molecule has 0 aliphatic heterocycles. The van der Waals surface area contributed by atoms with Crippen LogP contribution < -0.4 is 4.90 Å². The Kier molecular flexibility index (Phi) is 4.31.